The van der Waals surface area contributed by atoms with E-state index < -0.39 is 11.5 Å². The van der Waals surface area contributed by atoms with Crippen molar-refractivity contribution in [2.75, 3.05) is 33.4 Å². The van der Waals surface area contributed by atoms with Crippen molar-refractivity contribution in [2.24, 2.45) is 5.73 Å². The number of hydrogen-bond acceptors (Lipinski definition) is 5. The maximum atomic E-state index is 12.6. The van der Waals surface area contributed by atoms with Gasteiger partial charge in [-0.3, -0.25) is 14.3 Å². The van der Waals surface area contributed by atoms with Gasteiger partial charge in [-0.1, -0.05) is 0 Å². The zero-order valence-corrected chi connectivity index (χ0v) is 13.9. The minimum absolute atomic E-state index is 0.0148. The average Bonchev–Trinajstić information content (AvgIpc) is 3.32. The van der Waals surface area contributed by atoms with Gasteiger partial charge in [0.2, 0.25) is 11.8 Å². The fourth-order valence-corrected chi connectivity index (χ4v) is 3.04. The molecule has 1 aromatic heterocycles. The van der Waals surface area contributed by atoms with Crippen molar-refractivity contribution in [1.82, 2.24) is 14.7 Å². The number of ether oxygens (including phenoxy) is 2. The smallest absolute Gasteiger partial charge is 0.244 e. The predicted molar refractivity (Wildman–Crippen MR) is 85.2 cm³/mol. The van der Waals surface area contributed by atoms with Gasteiger partial charge in [-0.15, -0.1) is 0 Å². The quantitative estimate of drug-likeness (QED) is 0.781. The lowest BCUT2D eigenvalue weighted by Crippen LogP contribution is -2.50. The SMILES string of the molecule is CO[C@]1(CC(N)=O)COCCN(C(=O)Cn2ccc(C3CC3)n2)C1. The van der Waals surface area contributed by atoms with Crippen LogP contribution in [-0.2, 0) is 25.6 Å². The van der Waals surface area contributed by atoms with Gasteiger partial charge in [0, 0.05) is 25.8 Å². The lowest BCUT2D eigenvalue weighted by atomic mass is 9.99. The predicted octanol–water partition coefficient (Wildman–Crippen LogP) is -0.120. The molecule has 2 N–H and O–H groups in total. The first kappa shape index (κ1) is 16.9. The van der Waals surface area contributed by atoms with Gasteiger partial charge in [-0.25, -0.2) is 0 Å². The van der Waals surface area contributed by atoms with Gasteiger partial charge in [0.05, 0.1) is 31.9 Å². The monoisotopic (exact) mass is 336 g/mol. The summed E-state index contributed by atoms with van der Waals surface area (Å²) in [6.45, 7) is 1.55. The second kappa shape index (κ2) is 6.90. The van der Waals surface area contributed by atoms with Crippen LogP contribution in [0.2, 0.25) is 0 Å². The first-order valence-electron chi connectivity index (χ1n) is 8.24. The third kappa shape index (κ3) is 3.93. The van der Waals surface area contributed by atoms with E-state index in [4.69, 9.17) is 15.2 Å². The maximum absolute atomic E-state index is 12.6. The highest BCUT2D eigenvalue weighted by Crippen LogP contribution is 2.38. The summed E-state index contributed by atoms with van der Waals surface area (Å²) < 4.78 is 12.7. The first-order valence-corrected chi connectivity index (χ1v) is 8.24. The molecule has 24 heavy (non-hydrogen) atoms. The van der Waals surface area contributed by atoms with E-state index in [1.54, 1.807) is 9.58 Å². The highest BCUT2D eigenvalue weighted by atomic mass is 16.5. The maximum Gasteiger partial charge on any atom is 0.244 e. The molecule has 8 nitrogen and oxygen atoms in total. The Morgan fingerprint density at radius 1 is 1.50 bits per heavy atom. The highest BCUT2D eigenvalue weighted by molar-refractivity contribution is 5.77. The Hall–Kier alpha value is -1.93. The molecule has 132 valence electrons. The van der Waals surface area contributed by atoms with Crippen LogP contribution in [0.4, 0.5) is 0 Å². The molecule has 3 rings (SSSR count). The normalized spacial score (nSPS) is 24.6. The molecule has 0 spiro atoms. The van der Waals surface area contributed by atoms with Crippen molar-refractivity contribution in [3.05, 3.63) is 18.0 Å². The van der Waals surface area contributed by atoms with Crippen LogP contribution in [0.25, 0.3) is 0 Å². The summed E-state index contributed by atoms with van der Waals surface area (Å²) in [5, 5.41) is 4.47. The van der Waals surface area contributed by atoms with Gasteiger partial charge in [0.1, 0.15) is 12.1 Å². The number of nitrogens with zero attached hydrogens (tertiary/aromatic N) is 3. The number of methoxy groups -OCH3 is 1. The number of aromatic nitrogens is 2. The van der Waals surface area contributed by atoms with E-state index in [2.05, 4.69) is 5.10 Å². The molecular formula is C16H24N4O4. The molecule has 0 bridgehead atoms. The molecule has 1 saturated carbocycles. The Bertz CT molecular complexity index is 613. The molecule has 1 aliphatic heterocycles. The van der Waals surface area contributed by atoms with E-state index in [9.17, 15) is 9.59 Å². The van der Waals surface area contributed by atoms with Crippen LogP contribution in [0.5, 0.6) is 0 Å². The zero-order chi connectivity index (χ0) is 17.2. The molecule has 0 aromatic carbocycles. The van der Waals surface area contributed by atoms with Crippen LogP contribution < -0.4 is 5.73 Å². The Balaban J connectivity index is 1.66. The molecule has 0 radical (unpaired) electrons. The molecule has 1 atom stereocenters. The number of carbonyl (C=O) groups excluding carboxylic acids is 2. The van der Waals surface area contributed by atoms with Crippen molar-refractivity contribution < 1.29 is 19.1 Å². The van der Waals surface area contributed by atoms with Crippen molar-refractivity contribution >= 4 is 11.8 Å². The summed E-state index contributed by atoms with van der Waals surface area (Å²) in [5.41, 5.74) is 5.49. The second-order valence-electron chi connectivity index (χ2n) is 6.61. The van der Waals surface area contributed by atoms with E-state index in [1.807, 2.05) is 12.3 Å². The second-order valence-corrected chi connectivity index (χ2v) is 6.61. The van der Waals surface area contributed by atoms with Gasteiger partial charge < -0.3 is 20.1 Å². The van der Waals surface area contributed by atoms with Gasteiger partial charge in [0.15, 0.2) is 0 Å². The highest BCUT2D eigenvalue weighted by Gasteiger charge is 2.38. The van der Waals surface area contributed by atoms with Gasteiger partial charge in [-0.05, 0) is 18.9 Å². The fraction of sp³-hybridized carbons (Fsp3) is 0.688. The largest absolute Gasteiger partial charge is 0.377 e. The molecule has 2 amide bonds. The number of rotatable bonds is 6. The van der Waals surface area contributed by atoms with Gasteiger partial charge in [0.25, 0.3) is 0 Å². The molecule has 2 aliphatic rings. The molecule has 0 unspecified atom stereocenters. The average molecular weight is 336 g/mol. The van der Waals surface area contributed by atoms with Crippen LogP contribution in [-0.4, -0.2) is 65.5 Å². The number of hydrogen-bond donors (Lipinski definition) is 1. The summed E-state index contributed by atoms with van der Waals surface area (Å²) in [7, 11) is 1.51. The number of carbonyl (C=O) groups is 2. The lowest BCUT2D eigenvalue weighted by molar-refractivity contribution is -0.140. The molecular weight excluding hydrogens is 312 g/mol. The fourth-order valence-electron chi connectivity index (χ4n) is 3.04. The van der Waals surface area contributed by atoms with E-state index in [1.165, 1.54) is 20.0 Å². The van der Waals surface area contributed by atoms with Crippen LogP contribution >= 0.6 is 0 Å². The van der Waals surface area contributed by atoms with Crippen molar-refractivity contribution in [3.63, 3.8) is 0 Å². The third-order valence-electron chi connectivity index (χ3n) is 4.59. The Morgan fingerprint density at radius 2 is 2.29 bits per heavy atom. The van der Waals surface area contributed by atoms with Crippen molar-refractivity contribution in [3.8, 4) is 0 Å². The Labute approximate surface area is 140 Å². The molecule has 1 aromatic rings. The van der Waals surface area contributed by atoms with Gasteiger partial charge in [-0.2, -0.15) is 5.10 Å². The summed E-state index contributed by atoms with van der Waals surface area (Å²) >= 11 is 0. The van der Waals surface area contributed by atoms with E-state index in [-0.39, 0.29) is 32.0 Å². The van der Waals surface area contributed by atoms with Crippen LogP contribution in [0.15, 0.2) is 12.3 Å². The number of primary amides is 1. The standard InChI is InChI=1S/C16H24N4O4/c1-23-16(8-14(17)21)10-19(6-7-24-11-16)15(22)9-20-5-4-13(18-20)12-2-3-12/h4-5,12H,2-3,6-11H2,1H3,(H2,17,21)/t16-/m0/s1. The summed E-state index contributed by atoms with van der Waals surface area (Å²) in [5.74, 6) is 0.0115. The van der Waals surface area contributed by atoms with E-state index in [0.717, 1.165) is 5.69 Å². The summed E-state index contributed by atoms with van der Waals surface area (Å²) in [6, 6.07) is 1.98. The summed E-state index contributed by atoms with van der Waals surface area (Å²) in [6.07, 6.45) is 4.21. The Kier molecular flexibility index (Phi) is 4.86. The van der Waals surface area contributed by atoms with Crippen LogP contribution in [0, 0.1) is 0 Å². The lowest BCUT2D eigenvalue weighted by Gasteiger charge is -2.33. The minimum atomic E-state index is -0.888. The number of nitrogens with two attached hydrogens (primary N) is 1. The minimum Gasteiger partial charge on any atom is -0.377 e. The van der Waals surface area contributed by atoms with Gasteiger partial charge >= 0.3 is 0 Å². The van der Waals surface area contributed by atoms with Crippen molar-refractivity contribution in [1.29, 1.82) is 0 Å². The van der Waals surface area contributed by atoms with Crippen molar-refractivity contribution in [2.45, 2.75) is 37.3 Å². The van der Waals surface area contributed by atoms with Crippen LogP contribution in [0.1, 0.15) is 30.9 Å². The number of amides is 2. The third-order valence-corrected chi connectivity index (χ3v) is 4.59. The molecule has 8 heteroatoms. The van der Waals surface area contributed by atoms with E-state index in [0.29, 0.717) is 19.1 Å². The first-order chi connectivity index (χ1) is 11.5. The Morgan fingerprint density at radius 3 is 2.96 bits per heavy atom. The molecule has 2 fully saturated rings. The topological polar surface area (TPSA) is 99.7 Å². The molecule has 1 saturated heterocycles. The molecule has 1 aliphatic carbocycles. The molecule has 2 heterocycles. The summed E-state index contributed by atoms with van der Waals surface area (Å²) in [4.78, 5) is 25.7. The zero-order valence-electron chi connectivity index (χ0n) is 13.9. The van der Waals surface area contributed by atoms with Crippen LogP contribution in [0.3, 0.4) is 0 Å². The van der Waals surface area contributed by atoms with E-state index >= 15 is 0 Å².